The number of pyridine rings is 1. The molecule has 1 aliphatic heterocycles. The summed E-state index contributed by atoms with van der Waals surface area (Å²) in [6.45, 7) is 2.09. The van der Waals surface area contributed by atoms with Crippen LogP contribution in [-0.2, 0) is 16.1 Å². The highest BCUT2D eigenvalue weighted by molar-refractivity contribution is 5.84. The smallest absolute Gasteiger partial charge is 0.228 e. The summed E-state index contributed by atoms with van der Waals surface area (Å²) in [6.07, 6.45) is 12.7. The Bertz CT molecular complexity index is 734. The molecule has 2 amide bonds. The molecule has 2 heterocycles. The van der Waals surface area contributed by atoms with Crippen molar-refractivity contribution < 1.29 is 9.59 Å². The van der Waals surface area contributed by atoms with Crippen LogP contribution < -0.4 is 0 Å². The molecule has 1 aromatic rings. The predicted molar refractivity (Wildman–Crippen MR) is 111 cm³/mol. The fraction of sp³-hybridized carbons (Fsp3) is 0.708. The number of amides is 2. The molecule has 1 aromatic heterocycles. The number of nitrogens with zero attached hydrogens (tertiary/aromatic N) is 3. The maximum Gasteiger partial charge on any atom is 0.228 e. The minimum Gasteiger partial charge on any atom is -0.342 e. The van der Waals surface area contributed by atoms with Crippen molar-refractivity contribution >= 4 is 11.8 Å². The van der Waals surface area contributed by atoms with Crippen molar-refractivity contribution in [3.05, 3.63) is 30.1 Å². The highest BCUT2D eigenvalue weighted by Gasteiger charge is 2.55. The molecule has 0 N–H and O–H groups in total. The molecule has 5 nitrogen and oxygen atoms in total. The molecule has 0 spiro atoms. The largest absolute Gasteiger partial charge is 0.342 e. The van der Waals surface area contributed by atoms with Gasteiger partial charge in [0.05, 0.1) is 5.41 Å². The molecule has 4 saturated carbocycles. The van der Waals surface area contributed by atoms with Crippen molar-refractivity contribution in [2.75, 3.05) is 20.1 Å². The average molecular weight is 396 g/mol. The zero-order chi connectivity index (χ0) is 20.0. The molecule has 29 heavy (non-hydrogen) atoms. The van der Waals surface area contributed by atoms with Crippen molar-refractivity contribution in [1.29, 1.82) is 0 Å². The fourth-order valence-electron chi connectivity index (χ4n) is 7.19. The van der Waals surface area contributed by atoms with Gasteiger partial charge < -0.3 is 9.80 Å². The zero-order valence-corrected chi connectivity index (χ0v) is 17.6. The molecule has 5 heteroatoms. The van der Waals surface area contributed by atoms with E-state index in [0.29, 0.717) is 12.5 Å². The topological polar surface area (TPSA) is 53.5 Å². The Kier molecular flexibility index (Phi) is 4.87. The third-order valence-electron chi connectivity index (χ3n) is 8.14. The highest BCUT2D eigenvalue weighted by atomic mass is 16.2. The van der Waals surface area contributed by atoms with Crippen molar-refractivity contribution in [3.63, 3.8) is 0 Å². The summed E-state index contributed by atoms with van der Waals surface area (Å²) < 4.78 is 0. The SMILES string of the molecule is CN(Cc1cccnc1)C(=O)C1CCN(C(=O)C23CC4CC(CC(C4)C2)C3)CC1. The van der Waals surface area contributed by atoms with Crippen molar-refractivity contribution in [1.82, 2.24) is 14.8 Å². The third-order valence-corrected chi connectivity index (χ3v) is 8.14. The number of likely N-dealkylation sites (tertiary alicyclic amines) is 1. The second kappa shape index (κ2) is 7.41. The molecule has 0 atom stereocenters. The number of rotatable bonds is 4. The second-order valence-electron chi connectivity index (χ2n) is 10.3. The van der Waals surface area contributed by atoms with E-state index >= 15 is 0 Å². The number of aromatic nitrogens is 1. The van der Waals surface area contributed by atoms with Gasteiger partial charge in [-0.05, 0) is 80.8 Å². The summed E-state index contributed by atoms with van der Waals surface area (Å²) in [6, 6.07) is 3.91. The molecule has 4 bridgehead atoms. The van der Waals surface area contributed by atoms with E-state index in [1.54, 1.807) is 6.20 Å². The van der Waals surface area contributed by atoms with Gasteiger partial charge in [0.15, 0.2) is 0 Å². The molecule has 0 aromatic carbocycles. The number of piperidine rings is 1. The van der Waals surface area contributed by atoms with Crippen molar-refractivity contribution in [2.24, 2.45) is 29.1 Å². The molecular formula is C24H33N3O2. The first-order chi connectivity index (χ1) is 14.0. The van der Waals surface area contributed by atoms with Crippen LogP contribution in [0.5, 0.6) is 0 Å². The summed E-state index contributed by atoms with van der Waals surface area (Å²) in [5.74, 6) is 3.06. The summed E-state index contributed by atoms with van der Waals surface area (Å²) in [5.41, 5.74) is 1.00. The van der Waals surface area contributed by atoms with Crippen LogP contribution in [0.2, 0.25) is 0 Å². The van der Waals surface area contributed by atoms with Crippen LogP contribution in [0, 0.1) is 29.1 Å². The highest BCUT2D eigenvalue weighted by Crippen LogP contribution is 2.60. The molecule has 156 valence electrons. The summed E-state index contributed by atoms with van der Waals surface area (Å²) in [4.78, 5) is 34.5. The maximum absolute atomic E-state index is 13.5. The van der Waals surface area contributed by atoms with Gasteiger partial charge >= 0.3 is 0 Å². The zero-order valence-electron chi connectivity index (χ0n) is 17.6. The second-order valence-corrected chi connectivity index (χ2v) is 10.3. The number of carbonyl (C=O) groups excluding carboxylic acids is 2. The molecule has 4 aliphatic carbocycles. The van der Waals surface area contributed by atoms with Crippen LogP contribution in [-0.4, -0.2) is 46.7 Å². The van der Waals surface area contributed by atoms with Gasteiger partial charge in [-0.25, -0.2) is 0 Å². The van der Waals surface area contributed by atoms with Gasteiger partial charge in [0, 0.05) is 45.0 Å². The standard InChI is InChI=1S/C24H33N3O2/c1-26(16-17-3-2-6-25-15-17)22(28)21-4-7-27(8-5-21)23(29)24-12-18-9-19(13-24)11-20(10-18)14-24/h2-3,6,15,18-21H,4-5,7-14,16H2,1H3. The number of carbonyl (C=O) groups is 2. The van der Waals surface area contributed by atoms with E-state index in [4.69, 9.17) is 0 Å². The Labute approximate surface area is 173 Å². The lowest BCUT2D eigenvalue weighted by Crippen LogP contribution is -2.56. The average Bonchev–Trinajstić information content (AvgIpc) is 2.72. The summed E-state index contributed by atoms with van der Waals surface area (Å²) in [5, 5.41) is 0. The molecule has 5 aliphatic rings. The van der Waals surface area contributed by atoms with Gasteiger partial charge in [0.2, 0.25) is 11.8 Å². The molecule has 1 saturated heterocycles. The van der Waals surface area contributed by atoms with Gasteiger partial charge in [0.25, 0.3) is 0 Å². The minimum absolute atomic E-state index is 0.0390. The van der Waals surface area contributed by atoms with E-state index in [1.165, 1.54) is 19.3 Å². The third kappa shape index (κ3) is 3.57. The van der Waals surface area contributed by atoms with E-state index in [2.05, 4.69) is 9.88 Å². The van der Waals surface area contributed by atoms with Crippen LogP contribution >= 0.6 is 0 Å². The predicted octanol–water partition coefficient (Wildman–Crippen LogP) is 3.50. The minimum atomic E-state index is -0.0529. The Morgan fingerprint density at radius 2 is 1.72 bits per heavy atom. The lowest BCUT2D eigenvalue weighted by Gasteiger charge is -2.57. The van der Waals surface area contributed by atoms with Crippen LogP contribution in [0.1, 0.15) is 56.9 Å². The molecule has 0 unspecified atom stereocenters. The fourth-order valence-corrected chi connectivity index (χ4v) is 7.19. The first kappa shape index (κ1) is 19.1. The van der Waals surface area contributed by atoms with Gasteiger partial charge in [-0.1, -0.05) is 6.07 Å². The lowest BCUT2D eigenvalue weighted by atomic mass is 9.49. The van der Waals surface area contributed by atoms with E-state index in [1.807, 2.05) is 30.3 Å². The van der Waals surface area contributed by atoms with Crippen LogP contribution in [0.4, 0.5) is 0 Å². The van der Waals surface area contributed by atoms with Gasteiger partial charge in [-0.2, -0.15) is 0 Å². The maximum atomic E-state index is 13.5. The molecule has 0 radical (unpaired) electrons. The molecule has 5 fully saturated rings. The van der Waals surface area contributed by atoms with Crippen LogP contribution in [0.15, 0.2) is 24.5 Å². The molecular weight excluding hydrogens is 362 g/mol. The summed E-state index contributed by atoms with van der Waals surface area (Å²) >= 11 is 0. The van der Waals surface area contributed by atoms with Gasteiger partial charge in [-0.15, -0.1) is 0 Å². The first-order valence-electron chi connectivity index (χ1n) is 11.5. The Morgan fingerprint density at radius 3 is 2.28 bits per heavy atom. The summed E-state index contributed by atoms with van der Waals surface area (Å²) in [7, 11) is 1.88. The number of hydrogen-bond donors (Lipinski definition) is 0. The Hall–Kier alpha value is -1.91. The Balaban J connectivity index is 1.17. The van der Waals surface area contributed by atoms with Crippen molar-refractivity contribution in [3.8, 4) is 0 Å². The van der Waals surface area contributed by atoms with E-state index in [-0.39, 0.29) is 17.2 Å². The quantitative estimate of drug-likeness (QED) is 0.784. The number of hydrogen-bond acceptors (Lipinski definition) is 3. The van der Waals surface area contributed by atoms with Crippen LogP contribution in [0.25, 0.3) is 0 Å². The van der Waals surface area contributed by atoms with Gasteiger partial charge in [0.1, 0.15) is 0 Å². The monoisotopic (exact) mass is 395 g/mol. The first-order valence-corrected chi connectivity index (χ1v) is 11.5. The van der Waals surface area contributed by atoms with E-state index in [0.717, 1.165) is 68.5 Å². The lowest BCUT2D eigenvalue weighted by molar-refractivity contribution is -0.160. The van der Waals surface area contributed by atoms with Crippen molar-refractivity contribution in [2.45, 2.75) is 57.9 Å². The van der Waals surface area contributed by atoms with E-state index in [9.17, 15) is 9.59 Å². The Morgan fingerprint density at radius 1 is 1.10 bits per heavy atom. The normalized spacial score (nSPS) is 33.7. The van der Waals surface area contributed by atoms with Gasteiger partial charge in [-0.3, -0.25) is 14.6 Å². The molecule has 6 rings (SSSR count). The van der Waals surface area contributed by atoms with Crippen LogP contribution in [0.3, 0.4) is 0 Å². The van der Waals surface area contributed by atoms with E-state index < -0.39 is 0 Å².